The lowest BCUT2D eigenvalue weighted by molar-refractivity contribution is -0.128. The summed E-state index contributed by atoms with van der Waals surface area (Å²) in [6.45, 7) is 1.71. The van der Waals surface area contributed by atoms with Crippen LogP contribution in [0.3, 0.4) is 0 Å². The average molecular weight is 411 g/mol. The number of likely N-dealkylation sites (tertiary alicyclic amines) is 1. The predicted octanol–water partition coefficient (Wildman–Crippen LogP) is 0.608. The topological polar surface area (TPSA) is 120 Å². The van der Waals surface area contributed by atoms with Crippen LogP contribution in [0.2, 0.25) is 0 Å². The van der Waals surface area contributed by atoms with Crippen LogP contribution in [-0.2, 0) is 27.5 Å². The van der Waals surface area contributed by atoms with Crippen molar-refractivity contribution in [1.29, 1.82) is 0 Å². The van der Waals surface area contributed by atoms with Gasteiger partial charge < -0.3 is 25.3 Å². The van der Waals surface area contributed by atoms with E-state index in [-0.39, 0.29) is 30.4 Å². The molecule has 30 heavy (non-hydrogen) atoms. The predicted molar refractivity (Wildman–Crippen MR) is 107 cm³/mol. The van der Waals surface area contributed by atoms with Crippen LogP contribution in [-0.4, -0.2) is 51.8 Å². The van der Waals surface area contributed by atoms with E-state index < -0.39 is 5.91 Å². The number of nitrogens with zero attached hydrogens (tertiary/aromatic N) is 3. The standard InChI is InChI=1S/C21H25N5O4/c22-18(27)10-23-20(28)15-6-8-25(9-7-15)21(29)19-16-12-30-17(11-26(16)13-24-19)14-4-2-1-3-5-14/h1-5,13,15,17H,6-12H2,(H2,22,27)(H,23,28). The number of hydrogen-bond acceptors (Lipinski definition) is 5. The number of nitrogens with two attached hydrogens (primary N) is 1. The van der Waals surface area contributed by atoms with Crippen molar-refractivity contribution in [2.45, 2.75) is 32.1 Å². The summed E-state index contributed by atoms with van der Waals surface area (Å²) in [6, 6.07) is 9.99. The van der Waals surface area contributed by atoms with E-state index in [0.29, 0.717) is 44.8 Å². The van der Waals surface area contributed by atoms with Gasteiger partial charge in [-0.25, -0.2) is 4.98 Å². The highest BCUT2D eigenvalue weighted by Crippen LogP contribution is 2.28. The molecule has 0 bridgehead atoms. The van der Waals surface area contributed by atoms with Gasteiger partial charge in [0, 0.05) is 19.0 Å². The largest absolute Gasteiger partial charge is 0.368 e. The van der Waals surface area contributed by atoms with Crippen LogP contribution in [0.4, 0.5) is 0 Å². The third kappa shape index (κ3) is 4.20. The Morgan fingerprint density at radius 1 is 1.17 bits per heavy atom. The number of fused-ring (bicyclic) bond motifs is 1. The molecule has 0 saturated carbocycles. The number of ether oxygens (including phenoxy) is 1. The SMILES string of the molecule is NC(=O)CNC(=O)C1CCN(C(=O)c2ncn3c2COC(c2ccccc2)C3)CC1. The van der Waals surface area contributed by atoms with Crippen molar-refractivity contribution in [1.82, 2.24) is 19.8 Å². The minimum absolute atomic E-state index is 0.0643. The van der Waals surface area contributed by atoms with Gasteiger partial charge in [-0.2, -0.15) is 0 Å². The van der Waals surface area contributed by atoms with Gasteiger partial charge in [-0.15, -0.1) is 0 Å². The number of rotatable bonds is 5. The Morgan fingerprint density at radius 3 is 2.60 bits per heavy atom. The molecule has 0 spiro atoms. The van der Waals surface area contributed by atoms with E-state index in [4.69, 9.17) is 10.5 Å². The molecule has 1 saturated heterocycles. The average Bonchev–Trinajstić information content (AvgIpc) is 3.21. The first-order valence-corrected chi connectivity index (χ1v) is 10.1. The van der Waals surface area contributed by atoms with Crippen molar-refractivity contribution >= 4 is 17.7 Å². The van der Waals surface area contributed by atoms with Gasteiger partial charge >= 0.3 is 0 Å². The van der Waals surface area contributed by atoms with Crippen LogP contribution in [0.1, 0.15) is 40.7 Å². The second-order valence-corrected chi connectivity index (χ2v) is 7.65. The Labute approximate surface area is 174 Å². The molecule has 1 aromatic carbocycles. The van der Waals surface area contributed by atoms with E-state index in [9.17, 15) is 14.4 Å². The molecule has 1 atom stereocenters. The fourth-order valence-corrected chi connectivity index (χ4v) is 3.99. The summed E-state index contributed by atoms with van der Waals surface area (Å²) >= 11 is 0. The summed E-state index contributed by atoms with van der Waals surface area (Å²) in [5.41, 5.74) is 7.36. The Balaban J connectivity index is 1.36. The Bertz CT molecular complexity index is 934. The van der Waals surface area contributed by atoms with Crippen molar-refractivity contribution in [2.24, 2.45) is 11.7 Å². The molecule has 158 valence electrons. The first-order valence-electron chi connectivity index (χ1n) is 10.1. The van der Waals surface area contributed by atoms with Crippen molar-refractivity contribution < 1.29 is 19.1 Å². The highest BCUT2D eigenvalue weighted by atomic mass is 16.5. The number of carbonyl (C=O) groups excluding carboxylic acids is 3. The van der Waals surface area contributed by atoms with Crippen LogP contribution >= 0.6 is 0 Å². The van der Waals surface area contributed by atoms with Crippen LogP contribution < -0.4 is 11.1 Å². The first kappa shape index (κ1) is 20.1. The highest BCUT2D eigenvalue weighted by molar-refractivity contribution is 5.93. The van der Waals surface area contributed by atoms with Gasteiger partial charge in [0.05, 0.1) is 31.7 Å². The van der Waals surface area contributed by atoms with Crippen molar-refractivity contribution in [3.8, 4) is 0 Å². The summed E-state index contributed by atoms with van der Waals surface area (Å²) in [7, 11) is 0. The quantitative estimate of drug-likeness (QED) is 0.747. The molecule has 0 aliphatic carbocycles. The lowest BCUT2D eigenvalue weighted by atomic mass is 9.95. The maximum absolute atomic E-state index is 13.0. The molecule has 3 heterocycles. The van der Waals surface area contributed by atoms with Crippen molar-refractivity contribution in [3.05, 3.63) is 53.6 Å². The molecule has 3 N–H and O–H groups in total. The van der Waals surface area contributed by atoms with Crippen LogP contribution in [0.25, 0.3) is 0 Å². The third-order valence-corrected chi connectivity index (χ3v) is 5.69. The molecule has 9 nitrogen and oxygen atoms in total. The van der Waals surface area contributed by atoms with E-state index in [0.717, 1.165) is 11.3 Å². The maximum atomic E-state index is 13.0. The minimum atomic E-state index is -0.572. The number of benzene rings is 1. The van der Waals surface area contributed by atoms with Crippen LogP contribution in [0.15, 0.2) is 36.7 Å². The van der Waals surface area contributed by atoms with Crippen molar-refractivity contribution in [3.63, 3.8) is 0 Å². The number of carbonyl (C=O) groups is 3. The first-order chi connectivity index (χ1) is 14.5. The van der Waals surface area contributed by atoms with Crippen molar-refractivity contribution in [2.75, 3.05) is 19.6 Å². The number of aromatic nitrogens is 2. The lowest BCUT2D eigenvalue weighted by Gasteiger charge is -2.31. The van der Waals surface area contributed by atoms with Gasteiger partial charge in [0.1, 0.15) is 6.10 Å². The molecule has 0 radical (unpaired) electrons. The van der Waals surface area contributed by atoms with Gasteiger partial charge in [-0.3, -0.25) is 14.4 Å². The Hall–Kier alpha value is -3.20. The number of imidazole rings is 1. The lowest BCUT2D eigenvalue weighted by Crippen LogP contribution is -2.44. The second-order valence-electron chi connectivity index (χ2n) is 7.65. The Kier molecular flexibility index (Phi) is 5.80. The van der Waals surface area contributed by atoms with Crippen LogP contribution in [0.5, 0.6) is 0 Å². The molecule has 9 heteroatoms. The molecule has 1 fully saturated rings. The zero-order valence-corrected chi connectivity index (χ0v) is 16.6. The summed E-state index contributed by atoms with van der Waals surface area (Å²) in [5, 5.41) is 2.53. The molecule has 2 aliphatic heterocycles. The van der Waals surface area contributed by atoms with E-state index >= 15 is 0 Å². The second kappa shape index (κ2) is 8.66. The zero-order chi connectivity index (χ0) is 21.1. The van der Waals surface area contributed by atoms with Gasteiger partial charge in [-0.1, -0.05) is 30.3 Å². The number of amides is 3. The number of primary amides is 1. The van der Waals surface area contributed by atoms with E-state index in [1.54, 1.807) is 11.2 Å². The Morgan fingerprint density at radius 2 is 1.90 bits per heavy atom. The number of piperidine rings is 1. The molecule has 1 aromatic heterocycles. The molecule has 3 amide bonds. The molecular formula is C21H25N5O4. The summed E-state index contributed by atoms with van der Waals surface area (Å²) in [6.07, 6.45) is 2.72. The fraction of sp³-hybridized carbons (Fsp3) is 0.429. The number of hydrogen-bond donors (Lipinski definition) is 2. The zero-order valence-electron chi connectivity index (χ0n) is 16.6. The summed E-state index contributed by atoms with van der Waals surface area (Å²) < 4.78 is 7.98. The van der Waals surface area contributed by atoms with Gasteiger partial charge in [-0.05, 0) is 18.4 Å². The maximum Gasteiger partial charge on any atom is 0.274 e. The van der Waals surface area contributed by atoms with E-state index in [2.05, 4.69) is 10.3 Å². The number of nitrogens with one attached hydrogen (secondary N) is 1. The highest BCUT2D eigenvalue weighted by Gasteiger charge is 2.32. The smallest absolute Gasteiger partial charge is 0.274 e. The van der Waals surface area contributed by atoms with Gasteiger partial charge in [0.2, 0.25) is 11.8 Å². The van der Waals surface area contributed by atoms with E-state index in [1.165, 1.54) is 0 Å². The normalized spacial score (nSPS) is 19.2. The molecule has 2 aliphatic rings. The molecule has 2 aromatic rings. The van der Waals surface area contributed by atoms with Gasteiger partial charge in [0.15, 0.2) is 5.69 Å². The monoisotopic (exact) mass is 411 g/mol. The molecule has 1 unspecified atom stereocenters. The third-order valence-electron chi connectivity index (χ3n) is 5.69. The minimum Gasteiger partial charge on any atom is -0.368 e. The summed E-state index contributed by atoms with van der Waals surface area (Å²) in [5.74, 6) is -1.13. The van der Waals surface area contributed by atoms with E-state index in [1.807, 2.05) is 34.9 Å². The fourth-order valence-electron chi connectivity index (χ4n) is 3.99. The molecule has 4 rings (SSSR count). The molecular weight excluding hydrogens is 386 g/mol. The van der Waals surface area contributed by atoms with Gasteiger partial charge in [0.25, 0.3) is 5.91 Å². The van der Waals surface area contributed by atoms with Crippen LogP contribution in [0, 0.1) is 5.92 Å². The summed E-state index contributed by atoms with van der Waals surface area (Å²) in [4.78, 5) is 42.0.